The number of carbonyl (C=O) groups is 1. The van der Waals surface area contributed by atoms with E-state index in [1.54, 1.807) is 0 Å². The molecule has 1 amide bonds. The van der Waals surface area contributed by atoms with Crippen molar-refractivity contribution in [1.82, 2.24) is 14.9 Å². The normalized spacial score (nSPS) is 18.5. The van der Waals surface area contributed by atoms with Crippen molar-refractivity contribution in [2.75, 3.05) is 12.3 Å². The molecule has 0 bridgehead atoms. The number of amides is 1. The Morgan fingerprint density at radius 1 is 1.23 bits per heavy atom. The van der Waals surface area contributed by atoms with Gasteiger partial charge < -0.3 is 10.6 Å². The summed E-state index contributed by atoms with van der Waals surface area (Å²) in [6, 6.07) is 10.1. The Bertz CT molecular complexity index is 856. The van der Waals surface area contributed by atoms with Crippen LogP contribution in [0.1, 0.15) is 48.4 Å². The third-order valence-electron chi connectivity index (χ3n) is 5.70. The van der Waals surface area contributed by atoms with E-state index in [-0.39, 0.29) is 23.3 Å². The molecule has 26 heavy (non-hydrogen) atoms. The van der Waals surface area contributed by atoms with Gasteiger partial charge in [-0.3, -0.25) is 14.6 Å². The summed E-state index contributed by atoms with van der Waals surface area (Å²) in [7, 11) is 0. The smallest absolute Gasteiger partial charge is 0.255 e. The first-order valence-corrected chi connectivity index (χ1v) is 9.35. The van der Waals surface area contributed by atoms with E-state index in [4.69, 9.17) is 5.73 Å². The number of hydrogen-bond donors (Lipinski definition) is 2. The van der Waals surface area contributed by atoms with E-state index >= 15 is 0 Å². The van der Waals surface area contributed by atoms with Crippen molar-refractivity contribution in [1.29, 1.82) is 0 Å². The molecule has 1 aromatic heterocycles. The van der Waals surface area contributed by atoms with Crippen molar-refractivity contribution in [3.63, 3.8) is 0 Å². The molecule has 6 heteroatoms. The fourth-order valence-electron chi connectivity index (χ4n) is 4.41. The second-order valence-electron chi connectivity index (χ2n) is 7.32. The molecule has 1 aliphatic carbocycles. The molecule has 2 aliphatic rings. The highest BCUT2D eigenvalue weighted by molar-refractivity contribution is 5.84. The molecule has 1 atom stereocenters. The van der Waals surface area contributed by atoms with Gasteiger partial charge in [-0.1, -0.05) is 43.2 Å². The molecule has 0 spiro atoms. The Labute approximate surface area is 152 Å². The molecule has 2 aromatic rings. The molecule has 2 heterocycles. The number of benzene rings is 1. The highest BCUT2D eigenvalue weighted by Crippen LogP contribution is 2.39. The van der Waals surface area contributed by atoms with Crippen LogP contribution in [-0.2, 0) is 17.8 Å². The standard InChI is InChI=1S/C20H24N4O2/c21-20-22-16-12-24(11-10-15(16)18(25)23-20)19(26)17(14-8-4-5-9-14)13-6-2-1-3-7-13/h1-3,6-7,14,17H,4-5,8-12H2,(H3,21,22,23,25)/t17-/m0/s1. The van der Waals surface area contributed by atoms with Crippen LogP contribution in [0, 0.1) is 5.92 Å². The highest BCUT2D eigenvalue weighted by atomic mass is 16.2. The van der Waals surface area contributed by atoms with Gasteiger partial charge in [0.2, 0.25) is 11.9 Å². The second-order valence-corrected chi connectivity index (χ2v) is 7.32. The fraction of sp³-hybridized carbons (Fsp3) is 0.450. The van der Waals surface area contributed by atoms with Crippen molar-refractivity contribution in [2.24, 2.45) is 5.92 Å². The minimum atomic E-state index is -0.185. The van der Waals surface area contributed by atoms with Gasteiger partial charge >= 0.3 is 0 Å². The summed E-state index contributed by atoms with van der Waals surface area (Å²) >= 11 is 0. The lowest BCUT2D eigenvalue weighted by molar-refractivity contribution is -0.135. The number of nitrogen functional groups attached to an aromatic ring is 1. The summed E-state index contributed by atoms with van der Waals surface area (Å²) in [6.45, 7) is 0.912. The van der Waals surface area contributed by atoms with Crippen molar-refractivity contribution < 1.29 is 4.79 Å². The highest BCUT2D eigenvalue weighted by Gasteiger charge is 2.36. The first kappa shape index (κ1) is 16.8. The lowest BCUT2D eigenvalue weighted by Crippen LogP contribution is -2.42. The van der Waals surface area contributed by atoms with E-state index in [0.717, 1.165) is 18.4 Å². The molecular weight excluding hydrogens is 328 g/mol. The summed E-state index contributed by atoms with van der Waals surface area (Å²) in [5, 5.41) is 0. The van der Waals surface area contributed by atoms with Crippen LogP contribution in [0.25, 0.3) is 0 Å². The van der Waals surface area contributed by atoms with Gasteiger partial charge in [0.05, 0.1) is 18.2 Å². The number of aromatic amines is 1. The lowest BCUT2D eigenvalue weighted by atomic mass is 9.83. The van der Waals surface area contributed by atoms with Crippen molar-refractivity contribution >= 4 is 11.9 Å². The largest absolute Gasteiger partial charge is 0.369 e. The SMILES string of the molecule is Nc1nc2c(c(=O)[nH]1)CCN(C(=O)[C@@H](c1ccccc1)C1CCCC1)C2. The molecule has 6 nitrogen and oxygen atoms in total. The lowest BCUT2D eigenvalue weighted by Gasteiger charge is -2.33. The van der Waals surface area contributed by atoms with Crippen LogP contribution in [-0.4, -0.2) is 27.3 Å². The third kappa shape index (κ3) is 3.11. The molecule has 0 saturated heterocycles. The van der Waals surface area contributed by atoms with Crippen molar-refractivity contribution in [3.05, 3.63) is 57.5 Å². The Kier molecular flexibility index (Phi) is 4.49. The molecule has 0 unspecified atom stereocenters. The zero-order chi connectivity index (χ0) is 18.1. The summed E-state index contributed by atoms with van der Waals surface area (Å²) in [4.78, 5) is 34.2. The van der Waals surface area contributed by atoms with E-state index in [1.165, 1.54) is 12.8 Å². The van der Waals surface area contributed by atoms with Crippen LogP contribution < -0.4 is 11.3 Å². The molecule has 1 saturated carbocycles. The summed E-state index contributed by atoms with van der Waals surface area (Å²) in [6.07, 6.45) is 5.10. The zero-order valence-electron chi connectivity index (χ0n) is 14.8. The summed E-state index contributed by atoms with van der Waals surface area (Å²) in [5.74, 6) is 0.538. The number of H-pyrrole nitrogens is 1. The number of nitrogens with one attached hydrogen (secondary N) is 1. The minimum Gasteiger partial charge on any atom is -0.369 e. The van der Waals surface area contributed by atoms with Gasteiger partial charge in [-0.25, -0.2) is 4.98 Å². The van der Waals surface area contributed by atoms with Crippen LogP contribution in [0.2, 0.25) is 0 Å². The molecular formula is C20H24N4O2. The van der Waals surface area contributed by atoms with Gasteiger partial charge in [-0.15, -0.1) is 0 Å². The Morgan fingerprint density at radius 2 is 1.96 bits per heavy atom. The maximum absolute atomic E-state index is 13.4. The number of fused-ring (bicyclic) bond motifs is 1. The van der Waals surface area contributed by atoms with Crippen LogP contribution in [0.4, 0.5) is 5.95 Å². The van der Waals surface area contributed by atoms with E-state index in [1.807, 2.05) is 23.1 Å². The summed E-state index contributed by atoms with van der Waals surface area (Å²) < 4.78 is 0. The minimum absolute atomic E-state index is 0.110. The van der Waals surface area contributed by atoms with E-state index < -0.39 is 0 Å². The van der Waals surface area contributed by atoms with Crippen LogP contribution >= 0.6 is 0 Å². The van der Waals surface area contributed by atoms with E-state index in [2.05, 4.69) is 22.1 Å². The predicted octanol–water partition coefficient (Wildman–Crippen LogP) is 2.21. The van der Waals surface area contributed by atoms with Crippen LogP contribution in [0.15, 0.2) is 35.1 Å². The molecule has 1 aliphatic heterocycles. The molecule has 1 fully saturated rings. The van der Waals surface area contributed by atoms with Gasteiger partial charge in [0.25, 0.3) is 5.56 Å². The Hall–Kier alpha value is -2.63. The monoisotopic (exact) mass is 352 g/mol. The maximum Gasteiger partial charge on any atom is 0.255 e. The molecule has 0 radical (unpaired) electrons. The quantitative estimate of drug-likeness (QED) is 0.886. The zero-order valence-corrected chi connectivity index (χ0v) is 14.8. The number of aromatic nitrogens is 2. The first-order chi connectivity index (χ1) is 12.6. The van der Waals surface area contributed by atoms with Gasteiger partial charge in [0.15, 0.2) is 0 Å². The van der Waals surface area contributed by atoms with E-state index in [0.29, 0.717) is 36.7 Å². The summed E-state index contributed by atoms with van der Waals surface area (Å²) in [5.41, 5.74) is 7.87. The van der Waals surface area contributed by atoms with Gasteiger partial charge in [0.1, 0.15) is 0 Å². The molecule has 3 N–H and O–H groups in total. The number of carbonyl (C=O) groups excluding carboxylic acids is 1. The van der Waals surface area contributed by atoms with Gasteiger partial charge in [0, 0.05) is 12.1 Å². The maximum atomic E-state index is 13.4. The third-order valence-corrected chi connectivity index (χ3v) is 5.70. The molecule has 1 aromatic carbocycles. The number of hydrogen-bond acceptors (Lipinski definition) is 4. The van der Waals surface area contributed by atoms with Gasteiger partial charge in [-0.2, -0.15) is 0 Å². The fourth-order valence-corrected chi connectivity index (χ4v) is 4.41. The topological polar surface area (TPSA) is 92.1 Å². The van der Waals surface area contributed by atoms with Gasteiger partial charge in [-0.05, 0) is 30.7 Å². The van der Waals surface area contributed by atoms with E-state index in [9.17, 15) is 9.59 Å². The first-order valence-electron chi connectivity index (χ1n) is 9.35. The Balaban J connectivity index is 1.63. The van der Waals surface area contributed by atoms with Crippen molar-refractivity contribution in [2.45, 2.75) is 44.6 Å². The predicted molar refractivity (Wildman–Crippen MR) is 99.5 cm³/mol. The number of rotatable bonds is 3. The van der Waals surface area contributed by atoms with Crippen LogP contribution in [0.5, 0.6) is 0 Å². The number of anilines is 1. The number of nitrogens with two attached hydrogens (primary N) is 1. The second kappa shape index (κ2) is 6.94. The van der Waals surface area contributed by atoms with Crippen LogP contribution in [0.3, 0.4) is 0 Å². The average molecular weight is 352 g/mol. The Morgan fingerprint density at radius 3 is 2.69 bits per heavy atom. The number of nitrogens with zero attached hydrogens (tertiary/aromatic N) is 2. The molecule has 4 rings (SSSR count). The average Bonchev–Trinajstić information content (AvgIpc) is 3.16. The van der Waals surface area contributed by atoms with Crippen molar-refractivity contribution in [3.8, 4) is 0 Å². The molecule has 136 valence electrons.